The molecule has 0 N–H and O–H groups in total. The minimum atomic E-state index is -0.0261. The molecule has 2 aromatic rings. The van der Waals surface area contributed by atoms with Crippen LogP contribution in [0.15, 0.2) is 28.7 Å². The molecule has 0 amide bonds. The lowest BCUT2D eigenvalue weighted by Gasteiger charge is -2.12. The van der Waals surface area contributed by atoms with E-state index in [0.717, 1.165) is 27.8 Å². The van der Waals surface area contributed by atoms with Gasteiger partial charge >= 0.3 is 0 Å². The second-order valence-corrected chi connectivity index (χ2v) is 7.28. The number of ether oxygens (including phenoxy) is 3. The van der Waals surface area contributed by atoms with Crippen molar-refractivity contribution in [1.29, 1.82) is 0 Å². The minimum Gasteiger partial charge on any atom is -0.493 e. The van der Waals surface area contributed by atoms with E-state index in [-0.39, 0.29) is 5.78 Å². The fourth-order valence-corrected chi connectivity index (χ4v) is 4.27. The normalized spacial score (nSPS) is 10.9. The van der Waals surface area contributed by atoms with Gasteiger partial charge in [-0.05, 0) is 52.2 Å². The Bertz CT molecular complexity index is 755. The summed E-state index contributed by atoms with van der Waals surface area (Å²) >= 11 is 5.05. The number of thiophene rings is 1. The average molecular weight is 425 g/mol. The number of carbonyl (C=O) groups is 1. The molecule has 0 saturated heterocycles. The molecular formula is C19H21BrO4S. The maximum atomic E-state index is 12.4. The van der Waals surface area contributed by atoms with Gasteiger partial charge in [-0.15, -0.1) is 11.3 Å². The fraction of sp³-hybridized carbons (Fsp3) is 0.316. The average Bonchev–Trinajstić information content (AvgIpc) is 2.99. The first-order valence-corrected chi connectivity index (χ1v) is 9.45. The summed E-state index contributed by atoms with van der Waals surface area (Å²) in [4.78, 5) is 14.4. The molecule has 0 bridgehead atoms. The van der Waals surface area contributed by atoms with Crippen molar-refractivity contribution in [2.24, 2.45) is 0 Å². The predicted molar refractivity (Wildman–Crippen MR) is 105 cm³/mol. The molecule has 0 saturated carbocycles. The second kappa shape index (κ2) is 9.06. The number of hydrogen-bond donors (Lipinski definition) is 0. The maximum Gasteiger partial charge on any atom is 0.203 e. The second-order valence-electron chi connectivity index (χ2n) is 5.29. The highest BCUT2D eigenvalue weighted by Gasteiger charge is 2.13. The van der Waals surface area contributed by atoms with Crippen molar-refractivity contribution >= 4 is 39.1 Å². The van der Waals surface area contributed by atoms with Crippen LogP contribution in [0.3, 0.4) is 0 Å². The molecule has 0 radical (unpaired) electrons. The fourth-order valence-electron chi connectivity index (χ4n) is 2.38. The number of hydrogen-bond acceptors (Lipinski definition) is 5. The minimum absolute atomic E-state index is 0.0261. The molecule has 6 heteroatoms. The molecule has 1 aromatic carbocycles. The zero-order chi connectivity index (χ0) is 18.4. The van der Waals surface area contributed by atoms with Crippen LogP contribution in [0.25, 0.3) is 6.08 Å². The molecule has 2 rings (SSSR count). The smallest absolute Gasteiger partial charge is 0.203 e. The predicted octanol–water partition coefficient (Wildman–Crippen LogP) is 5.39. The summed E-state index contributed by atoms with van der Waals surface area (Å²) in [5.74, 6) is 1.61. The zero-order valence-corrected chi connectivity index (χ0v) is 17.1. The molecule has 25 heavy (non-hydrogen) atoms. The number of carbonyl (C=O) groups excluding carboxylic acids is 1. The van der Waals surface area contributed by atoms with Gasteiger partial charge in [0.15, 0.2) is 17.3 Å². The number of ketones is 1. The Morgan fingerprint density at radius 2 is 1.76 bits per heavy atom. The molecule has 4 nitrogen and oxygen atoms in total. The number of methoxy groups -OCH3 is 3. The highest BCUT2D eigenvalue weighted by molar-refractivity contribution is 9.10. The van der Waals surface area contributed by atoms with Crippen LogP contribution in [0.2, 0.25) is 0 Å². The summed E-state index contributed by atoms with van der Waals surface area (Å²) < 4.78 is 17.0. The standard InChI is InChI=1S/C19H21BrO4S/c1-5-6-17-13(20)11-18(25-17)14(21)8-7-12-9-15(22-2)19(24-4)16(10-12)23-3/h7-11H,5-6H2,1-4H3/b8-7+. The molecule has 0 aliphatic carbocycles. The third kappa shape index (κ3) is 4.64. The number of benzene rings is 1. The number of rotatable bonds is 8. The van der Waals surface area contributed by atoms with Crippen LogP contribution in [-0.2, 0) is 6.42 Å². The summed E-state index contributed by atoms with van der Waals surface area (Å²) in [6.07, 6.45) is 5.33. The third-order valence-corrected chi connectivity index (χ3v) is 5.77. The Morgan fingerprint density at radius 3 is 2.28 bits per heavy atom. The highest BCUT2D eigenvalue weighted by atomic mass is 79.9. The Labute approximate surface area is 160 Å². The number of allylic oxidation sites excluding steroid dienone is 1. The van der Waals surface area contributed by atoms with Gasteiger partial charge in [0.05, 0.1) is 26.2 Å². The molecule has 1 aromatic heterocycles. The van der Waals surface area contributed by atoms with Crippen LogP contribution in [0.4, 0.5) is 0 Å². The van der Waals surface area contributed by atoms with E-state index in [4.69, 9.17) is 14.2 Å². The van der Waals surface area contributed by atoms with Crippen LogP contribution in [0.1, 0.15) is 33.5 Å². The first-order valence-electron chi connectivity index (χ1n) is 7.84. The lowest BCUT2D eigenvalue weighted by atomic mass is 10.1. The van der Waals surface area contributed by atoms with E-state index in [1.807, 2.05) is 6.07 Å². The maximum absolute atomic E-state index is 12.4. The topological polar surface area (TPSA) is 44.8 Å². The number of aryl methyl sites for hydroxylation is 1. The first kappa shape index (κ1) is 19.5. The highest BCUT2D eigenvalue weighted by Crippen LogP contribution is 2.38. The molecule has 134 valence electrons. The van der Waals surface area contributed by atoms with Crippen molar-refractivity contribution in [2.75, 3.05) is 21.3 Å². The van der Waals surface area contributed by atoms with Gasteiger partial charge in [-0.25, -0.2) is 0 Å². The SMILES string of the molecule is CCCc1sc(C(=O)/C=C/c2cc(OC)c(OC)c(OC)c2)cc1Br. The molecule has 0 fully saturated rings. The molecule has 1 heterocycles. The van der Waals surface area contributed by atoms with Crippen molar-refractivity contribution in [3.63, 3.8) is 0 Å². The molecule has 0 spiro atoms. The van der Waals surface area contributed by atoms with E-state index in [1.165, 1.54) is 16.2 Å². The molecule has 0 aliphatic heterocycles. The molecule has 0 aliphatic rings. The van der Waals surface area contributed by atoms with E-state index < -0.39 is 0 Å². The summed E-state index contributed by atoms with van der Waals surface area (Å²) in [6, 6.07) is 5.49. The van der Waals surface area contributed by atoms with Crippen molar-refractivity contribution in [3.8, 4) is 17.2 Å². The van der Waals surface area contributed by atoms with Crippen LogP contribution in [0.5, 0.6) is 17.2 Å². The van der Waals surface area contributed by atoms with E-state index in [2.05, 4.69) is 22.9 Å². The molecule has 0 unspecified atom stereocenters. The Hall–Kier alpha value is -1.79. The quantitative estimate of drug-likeness (QED) is 0.421. The van der Waals surface area contributed by atoms with E-state index in [9.17, 15) is 4.79 Å². The summed E-state index contributed by atoms with van der Waals surface area (Å²) in [5.41, 5.74) is 0.798. The van der Waals surface area contributed by atoms with Crippen LogP contribution < -0.4 is 14.2 Å². The van der Waals surface area contributed by atoms with Gasteiger partial charge in [-0.3, -0.25) is 4.79 Å². The van der Waals surface area contributed by atoms with E-state index in [0.29, 0.717) is 17.2 Å². The lowest BCUT2D eigenvalue weighted by Crippen LogP contribution is -1.96. The third-order valence-electron chi connectivity index (χ3n) is 3.59. The van der Waals surface area contributed by atoms with Gasteiger partial charge in [-0.2, -0.15) is 0 Å². The molecule has 0 atom stereocenters. The van der Waals surface area contributed by atoms with Crippen molar-refractivity contribution < 1.29 is 19.0 Å². The van der Waals surface area contributed by atoms with Crippen LogP contribution in [-0.4, -0.2) is 27.1 Å². The van der Waals surface area contributed by atoms with Gasteiger partial charge < -0.3 is 14.2 Å². The Balaban J connectivity index is 2.26. The lowest BCUT2D eigenvalue weighted by molar-refractivity contribution is 0.105. The van der Waals surface area contributed by atoms with E-state index in [1.54, 1.807) is 45.6 Å². The van der Waals surface area contributed by atoms with Crippen molar-refractivity contribution in [3.05, 3.63) is 44.1 Å². The molecular weight excluding hydrogens is 404 g/mol. The largest absolute Gasteiger partial charge is 0.493 e. The Kier molecular flexibility index (Phi) is 7.08. The zero-order valence-electron chi connectivity index (χ0n) is 14.7. The first-order chi connectivity index (χ1) is 12.0. The Morgan fingerprint density at radius 1 is 1.12 bits per heavy atom. The summed E-state index contributed by atoms with van der Waals surface area (Å²) in [5, 5.41) is 0. The van der Waals surface area contributed by atoms with Crippen molar-refractivity contribution in [2.45, 2.75) is 19.8 Å². The van der Waals surface area contributed by atoms with Crippen LogP contribution >= 0.6 is 27.3 Å². The van der Waals surface area contributed by atoms with Crippen LogP contribution in [0, 0.1) is 0 Å². The van der Waals surface area contributed by atoms with Gasteiger partial charge in [0.25, 0.3) is 0 Å². The van der Waals surface area contributed by atoms with Crippen molar-refractivity contribution in [1.82, 2.24) is 0 Å². The number of halogens is 1. The van der Waals surface area contributed by atoms with E-state index >= 15 is 0 Å². The summed E-state index contributed by atoms with van der Waals surface area (Å²) in [6.45, 7) is 2.12. The monoisotopic (exact) mass is 424 g/mol. The van der Waals surface area contributed by atoms with Gasteiger partial charge in [0.2, 0.25) is 5.75 Å². The summed E-state index contributed by atoms with van der Waals surface area (Å²) in [7, 11) is 4.69. The van der Waals surface area contributed by atoms with Gasteiger partial charge in [-0.1, -0.05) is 19.4 Å². The van der Waals surface area contributed by atoms with Gasteiger partial charge in [0.1, 0.15) is 0 Å². The van der Waals surface area contributed by atoms with Gasteiger partial charge in [0, 0.05) is 9.35 Å².